The summed E-state index contributed by atoms with van der Waals surface area (Å²) in [5, 5.41) is 0. The smallest absolute Gasteiger partial charge is 0.465 e. The average Bonchev–Trinajstić information content (AvgIpc) is 3.14. The quantitative estimate of drug-likeness (QED) is 0.393. The van der Waals surface area contributed by atoms with E-state index in [1.807, 2.05) is 48.5 Å². The van der Waals surface area contributed by atoms with Crippen LogP contribution in [0.4, 0.5) is 23.4 Å². The van der Waals surface area contributed by atoms with E-state index in [0.717, 1.165) is 46.4 Å². The molecule has 0 radical (unpaired) electrons. The Bertz CT molecular complexity index is 1240. The van der Waals surface area contributed by atoms with Crippen LogP contribution in [0.15, 0.2) is 60.7 Å². The molecule has 0 atom stereocenters. The summed E-state index contributed by atoms with van der Waals surface area (Å²) < 4.78 is 50.7. The van der Waals surface area contributed by atoms with Crippen LogP contribution in [0.5, 0.6) is 0 Å². The number of methoxy groups -OCH3 is 1. The third kappa shape index (κ3) is 5.36. The van der Waals surface area contributed by atoms with E-state index in [-0.39, 0.29) is 80.7 Å². The van der Waals surface area contributed by atoms with Gasteiger partial charge in [0.2, 0.25) is 0 Å². The van der Waals surface area contributed by atoms with E-state index < -0.39 is 24.5 Å². The van der Waals surface area contributed by atoms with Crippen molar-refractivity contribution >= 4 is 30.2 Å². The van der Waals surface area contributed by atoms with Crippen molar-refractivity contribution in [1.29, 1.82) is 0 Å². The molecule has 0 spiro atoms. The summed E-state index contributed by atoms with van der Waals surface area (Å²) >= 11 is 0. The van der Waals surface area contributed by atoms with Gasteiger partial charge in [-0.2, -0.15) is 0 Å². The Kier molecular flexibility index (Phi) is 8.54. The molecular weight excluding hydrogens is 485 g/mol. The number of fused-ring (bicyclic) bond motifs is 3. The number of amides is 1. The van der Waals surface area contributed by atoms with Gasteiger partial charge in [-0.1, -0.05) is 60.7 Å². The predicted octanol–water partition coefficient (Wildman–Crippen LogP) is 2.23. The number of nitrogens with zero attached hydrogens (tertiary/aromatic N) is 1. The number of ether oxygens (including phenoxy) is 2. The third-order valence-electron chi connectivity index (χ3n) is 6.16. The fourth-order valence-corrected chi connectivity index (χ4v) is 4.37. The molecule has 1 aliphatic carbocycles. The number of carbonyl (C=O) groups is 2. The number of anilines is 1. The Labute approximate surface area is 244 Å². The molecular formula is C25H22BF3KNO4. The molecule has 10 heteroatoms. The normalized spacial score (nSPS) is 12.3. The fraction of sp³-hybridized carbons (Fsp3) is 0.200. The van der Waals surface area contributed by atoms with Gasteiger partial charge in [-0.3, -0.25) is 4.90 Å². The van der Waals surface area contributed by atoms with Gasteiger partial charge in [0.05, 0.1) is 12.7 Å². The molecule has 0 saturated carbocycles. The van der Waals surface area contributed by atoms with E-state index in [2.05, 4.69) is 4.74 Å². The first kappa shape index (κ1) is 27.5. The summed E-state index contributed by atoms with van der Waals surface area (Å²) in [6.45, 7) is -3.93. The van der Waals surface area contributed by atoms with Crippen molar-refractivity contribution in [2.45, 2.75) is 12.8 Å². The zero-order valence-corrected chi connectivity index (χ0v) is 23.0. The van der Waals surface area contributed by atoms with E-state index in [9.17, 15) is 22.5 Å². The average molecular weight is 507 g/mol. The van der Waals surface area contributed by atoms with Gasteiger partial charge in [-0.05, 0) is 34.7 Å². The molecule has 1 amide bonds. The molecule has 0 bridgehead atoms. The van der Waals surface area contributed by atoms with E-state index in [1.165, 1.54) is 14.0 Å². The molecule has 5 nitrogen and oxygen atoms in total. The molecule has 0 aliphatic heterocycles. The summed E-state index contributed by atoms with van der Waals surface area (Å²) in [7, 11) is 2.40. The van der Waals surface area contributed by atoms with Crippen LogP contribution in [0, 0.1) is 6.92 Å². The van der Waals surface area contributed by atoms with Gasteiger partial charge < -0.3 is 22.4 Å². The summed E-state index contributed by atoms with van der Waals surface area (Å²) in [5.41, 5.74) is 3.01. The number of benzene rings is 3. The van der Waals surface area contributed by atoms with E-state index in [0.29, 0.717) is 0 Å². The maximum Gasteiger partial charge on any atom is 1.00 e. The van der Waals surface area contributed by atoms with Gasteiger partial charge >= 0.3 is 70.4 Å². The molecule has 0 heterocycles. The summed E-state index contributed by atoms with van der Waals surface area (Å²) in [4.78, 5) is 26.0. The van der Waals surface area contributed by atoms with Gasteiger partial charge in [-0.15, -0.1) is 5.46 Å². The second kappa shape index (κ2) is 10.9. The molecule has 3 aromatic rings. The van der Waals surface area contributed by atoms with E-state index >= 15 is 0 Å². The Balaban J connectivity index is 0.00000342. The summed E-state index contributed by atoms with van der Waals surface area (Å²) in [6, 6.07) is 17.2. The second-order valence-electron chi connectivity index (χ2n) is 8.14. The molecule has 1 aliphatic rings. The Morgan fingerprint density at radius 2 is 1.51 bits per heavy atom. The van der Waals surface area contributed by atoms with Crippen molar-refractivity contribution in [3.05, 3.63) is 82.9 Å². The Hall–Kier alpha value is -2.11. The van der Waals surface area contributed by atoms with Crippen molar-refractivity contribution in [3.8, 4) is 11.1 Å². The maximum atomic E-state index is 13.5. The number of hydrogen-bond donors (Lipinski definition) is 0. The van der Waals surface area contributed by atoms with Gasteiger partial charge in [0.15, 0.2) is 0 Å². The van der Waals surface area contributed by atoms with E-state index in [4.69, 9.17) is 4.74 Å². The van der Waals surface area contributed by atoms with Crippen LogP contribution >= 0.6 is 0 Å². The SMILES string of the molecule is COC(=O)c1cc([B-](F)(F)F)cc(N(C)C(=O)OCC2c3ccccc3-c3ccccc32)c1C.[K+]. The van der Waals surface area contributed by atoms with Crippen LogP contribution in [-0.2, 0) is 9.47 Å². The van der Waals surface area contributed by atoms with Crippen molar-refractivity contribution < 1.29 is 83.4 Å². The van der Waals surface area contributed by atoms with Crippen molar-refractivity contribution in [3.63, 3.8) is 0 Å². The van der Waals surface area contributed by atoms with Gasteiger partial charge in [-0.25, -0.2) is 9.59 Å². The first-order valence-corrected chi connectivity index (χ1v) is 10.6. The van der Waals surface area contributed by atoms with Crippen LogP contribution in [0.3, 0.4) is 0 Å². The minimum Gasteiger partial charge on any atom is -0.465 e. The second-order valence-corrected chi connectivity index (χ2v) is 8.14. The molecule has 0 saturated heterocycles. The number of hydrogen-bond acceptors (Lipinski definition) is 4. The topological polar surface area (TPSA) is 55.8 Å². The van der Waals surface area contributed by atoms with Crippen LogP contribution in [0.25, 0.3) is 11.1 Å². The zero-order valence-electron chi connectivity index (χ0n) is 19.8. The first-order chi connectivity index (χ1) is 16.1. The molecule has 0 unspecified atom stereocenters. The van der Waals surface area contributed by atoms with Crippen LogP contribution in [-0.4, -0.2) is 39.8 Å². The fourth-order valence-electron chi connectivity index (χ4n) is 4.37. The molecule has 3 aromatic carbocycles. The van der Waals surface area contributed by atoms with Gasteiger partial charge in [0, 0.05) is 18.7 Å². The number of halogens is 3. The summed E-state index contributed by atoms with van der Waals surface area (Å²) in [6.07, 6.45) is -0.826. The number of rotatable bonds is 5. The van der Waals surface area contributed by atoms with E-state index in [1.54, 1.807) is 0 Å². The molecule has 0 fully saturated rings. The maximum absolute atomic E-state index is 13.5. The van der Waals surface area contributed by atoms with Crippen LogP contribution < -0.4 is 61.7 Å². The Morgan fingerprint density at radius 3 is 2.03 bits per heavy atom. The minimum atomic E-state index is -5.41. The minimum absolute atomic E-state index is 0. The molecule has 0 N–H and O–H groups in total. The monoisotopic (exact) mass is 507 g/mol. The van der Waals surface area contributed by atoms with Crippen LogP contribution in [0.1, 0.15) is 33.0 Å². The number of carbonyl (C=O) groups excluding carboxylic acids is 2. The molecule has 176 valence electrons. The standard InChI is InChI=1S/C25H22BF3NO4.K/c1-15-21(24(31)33-3)12-16(26(27,28)29)13-23(15)30(2)25(32)34-14-22-19-10-6-4-8-17(19)18-9-5-7-11-20(18)22;/h4-13,22H,14H2,1-3H3;/q-1;+1. The predicted molar refractivity (Wildman–Crippen MR) is 125 cm³/mol. The summed E-state index contributed by atoms with van der Waals surface area (Å²) in [5.74, 6) is -1.11. The first-order valence-electron chi connectivity index (χ1n) is 10.6. The van der Waals surface area contributed by atoms with Gasteiger partial charge in [0.1, 0.15) is 6.61 Å². The number of esters is 1. The largest absolute Gasteiger partial charge is 1.00 e. The van der Waals surface area contributed by atoms with Crippen LogP contribution in [0.2, 0.25) is 0 Å². The molecule has 35 heavy (non-hydrogen) atoms. The molecule has 0 aromatic heterocycles. The Morgan fingerprint density at radius 1 is 0.971 bits per heavy atom. The zero-order chi connectivity index (χ0) is 24.6. The van der Waals surface area contributed by atoms with Gasteiger partial charge in [0.25, 0.3) is 0 Å². The molecule has 4 rings (SSSR count). The third-order valence-corrected chi connectivity index (χ3v) is 6.16. The van der Waals surface area contributed by atoms with Crippen molar-refractivity contribution in [2.75, 3.05) is 25.7 Å². The van der Waals surface area contributed by atoms with Crippen molar-refractivity contribution in [2.24, 2.45) is 0 Å². The van der Waals surface area contributed by atoms with Crippen molar-refractivity contribution in [1.82, 2.24) is 0 Å².